The molecule has 0 aliphatic carbocycles. The van der Waals surface area contributed by atoms with Crippen molar-refractivity contribution in [1.29, 1.82) is 0 Å². The molecule has 0 amide bonds. The van der Waals surface area contributed by atoms with Crippen molar-refractivity contribution in [3.8, 4) is 0 Å². The van der Waals surface area contributed by atoms with E-state index in [0.29, 0.717) is 5.82 Å². The molecule has 0 bridgehead atoms. The Labute approximate surface area is 93.8 Å². The smallest absolute Gasteiger partial charge is 0.144 e. The van der Waals surface area contributed by atoms with Crippen molar-refractivity contribution < 1.29 is 0 Å². The zero-order chi connectivity index (χ0) is 11.2. The van der Waals surface area contributed by atoms with Gasteiger partial charge in [-0.3, -0.25) is 4.98 Å². The highest BCUT2D eigenvalue weighted by atomic mass is 15.0. The van der Waals surface area contributed by atoms with Gasteiger partial charge in [-0.25, -0.2) is 9.97 Å². The molecule has 2 heterocycles. The van der Waals surface area contributed by atoms with E-state index in [1.54, 1.807) is 12.4 Å². The van der Waals surface area contributed by atoms with Crippen LogP contribution in [-0.2, 0) is 6.42 Å². The Balaban J connectivity index is 1.82. The number of rotatable bonds is 4. The highest BCUT2D eigenvalue weighted by Crippen LogP contribution is 2.02. The normalized spacial score (nSPS) is 10.0. The fourth-order valence-corrected chi connectivity index (χ4v) is 1.29. The molecule has 0 aromatic carbocycles. The van der Waals surface area contributed by atoms with Gasteiger partial charge in [0, 0.05) is 24.9 Å². The predicted octanol–water partition coefficient (Wildman–Crippen LogP) is 1.11. The molecule has 0 saturated carbocycles. The summed E-state index contributed by atoms with van der Waals surface area (Å²) < 4.78 is 0. The molecule has 2 aromatic rings. The third kappa shape index (κ3) is 2.91. The lowest BCUT2D eigenvalue weighted by atomic mass is 10.3. The Morgan fingerprint density at radius 3 is 2.75 bits per heavy atom. The molecular formula is C11H13N5. The minimum Gasteiger partial charge on any atom is -0.382 e. The Bertz CT molecular complexity index is 426. The van der Waals surface area contributed by atoms with E-state index in [9.17, 15) is 0 Å². The quantitative estimate of drug-likeness (QED) is 0.798. The first-order valence-electron chi connectivity index (χ1n) is 5.06. The van der Waals surface area contributed by atoms with Crippen LogP contribution in [0.5, 0.6) is 0 Å². The summed E-state index contributed by atoms with van der Waals surface area (Å²) in [7, 11) is 0. The van der Waals surface area contributed by atoms with Gasteiger partial charge in [0.25, 0.3) is 0 Å². The van der Waals surface area contributed by atoms with Crippen molar-refractivity contribution in [2.75, 3.05) is 17.6 Å². The second-order valence-electron chi connectivity index (χ2n) is 3.32. The Morgan fingerprint density at radius 2 is 2.06 bits per heavy atom. The van der Waals surface area contributed by atoms with E-state index in [-0.39, 0.29) is 0 Å². The molecular weight excluding hydrogens is 202 g/mol. The van der Waals surface area contributed by atoms with Gasteiger partial charge in [-0.05, 0) is 12.1 Å². The standard InChI is InChI=1S/C11H13N5/c12-10-7-16-11(8-15-10)14-6-4-9-3-1-2-5-13-9/h1-3,5,7-8H,4,6H2,(H2,12,15)(H,14,16). The highest BCUT2D eigenvalue weighted by Gasteiger charge is 1.95. The van der Waals surface area contributed by atoms with Gasteiger partial charge in [-0.2, -0.15) is 0 Å². The number of pyridine rings is 1. The summed E-state index contributed by atoms with van der Waals surface area (Å²) >= 11 is 0. The Morgan fingerprint density at radius 1 is 1.12 bits per heavy atom. The SMILES string of the molecule is Nc1cnc(NCCc2ccccn2)cn1. The summed E-state index contributed by atoms with van der Waals surface area (Å²) in [5.74, 6) is 1.15. The van der Waals surface area contributed by atoms with E-state index in [1.165, 1.54) is 6.20 Å². The Kier molecular flexibility index (Phi) is 3.28. The molecule has 16 heavy (non-hydrogen) atoms. The lowest BCUT2D eigenvalue weighted by molar-refractivity contribution is 0.951. The molecule has 0 unspecified atom stereocenters. The van der Waals surface area contributed by atoms with Crippen molar-refractivity contribution in [3.05, 3.63) is 42.5 Å². The van der Waals surface area contributed by atoms with E-state index in [2.05, 4.69) is 20.3 Å². The molecule has 3 N–H and O–H groups in total. The topological polar surface area (TPSA) is 76.7 Å². The molecule has 0 saturated heterocycles. The molecule has 0 spiro atoms. The maximum absolute atomic E-state index is 5.44. The van der Waals surface area contributed by atoms with Crippen LogP contribution >= 0.6 is 0 Å². The molecule has 0 radical (unpaired) electrons. The number of hydrogen-bond donors (Lipinski definition) is 2. The third-order valence-electron chi connectivity index (χ3n) is 2.09. The number of hydrogen-bond acceptors (Lipinski definition) is 5. The van der Waals surface area contributed by atoms with Crippen LogP contribution in [0.2, 0.25) is 0 Å². The summed E-state index contributed by atoms with van der Waals surface area (Å²) in [5, 5.41) is 3.15. The summed E-state index contributed by atoms with van der Waals surface area (Å²) in [4.78, 5) is 12.3. The largest absolute Gasteiger partial charge is 0.382 e. The summed E-state index contributed by atoms with van der Waals surface area (Å²) in [6.07, 6.45) is 5.79. The first kappa shape index (κ1) is 10.4. The van der Waals surface area contributed by atoms with Gasteiger partial charge in [0.2, 0.25) is 0 Å². The molecule has 2 aromatic heterocycles. The van der Waals surface area contributed by atoms with Crippen LogP contribution in [0.1, 0.15) is 5.69 Å². The highest BCUT2D eigenvalue weighted by molar-refractivity contribution is 5.35. The molecule has 0 fully saturated rings. The lowest BCUT2D eigenvalue weighted by Crippen LogP contribution is -2.07. The number of anilines is 2. The fourth-order valence-electron chi connectivity index (χ4n) is 1.29. The predicted molar refractivity (Wildman–Crippen MR) is 62.9 cm³/mol. The summed E-state index contributed by atoms with van der Waals surface area (Å²) in [6, 6.07) is 5.88. The van der Waals surface area contributed by atoms with Crippen LogP contribution in [0.4, 0.5) is 11.6 Å². The first-order valence-corrected chi connectivity index (χ1v) is 5.06. The van der Waals surface area contributed by atoms with Gasteiger partial charge in [0.15, 0.2) is 0 Å². The van der Waals surface area contributed by atoms with Crippen molar-refractivity contribution in [2.45, 2.75) is 6.42 Å². The lowest BCUT2D eigenvalue weighted by Gasteiger charge is -2.04. The molecule has 5 heteroatoms. The molecule has 0 aliphatic rings. The fraction of sp³-hybridized carbons (Fsp3) is 0.182. The molecule has 2 rings (SSSR count). The second kappa shape index (κ2) is 5.06. The van der Waals surface area contributed by atoms with E-state index >= 15 is 0 Å². The number of nitrogens with two attached hydrogens (primary N) is 1. The Hall–Kier alpha value is -2.17. The maximum Gasteiger partial charge on any atom is 0.144 e. The maximum atomic E-state index is 5.44. The molecule has 82 valence electrons. The van der Waals surface area contributed by atoms with Crippen LogP contribution in [-0.4, -0.2) is 21.5 Å². The van der Waals surface area contributed by atoms with E-state index in [1.807, 2.05) is 18.2 Å². The van der Waals surface area contributed by atoms with Crippen molar-refractivity contribution in [1.82, 2.24) is 15.0 Å². The summed E-state index contributed by atoms with van der Waals surface area (Å²) in [5.41, 5.74) is 6.49. The van der Waals surface area contributed by atoms with Gasteiger partial charge in [-0.1, -0.05) is 6.07 Å². The molecule has 0 aliphatic heterocycles. The summed E-state index contributed by atoms with van der Waals surface area (Å²) in [6.45, 7) is 0.773. The van der Waals surface area contributed by atoms with Crippen molar-refractivity contribution >= 4 is 11.6 Å². The average molecular weight is 215 g/mol. The van der Waals surface area contributed by atoms with Gasteiger partial charge in [0.05, 0.1) is 12.4 Å². The second-order valence-corrected chi connectivity index (χ2v) is 3.32. The minimum atomic E-state index is 0.426. The third-order valence-corrected chi connectivity index (χ3v) is 2.09. The van der Waals surface area contributed by atoms with Gasteiger partial charge >= 0.3 is 0 Å². The first-order chi connectivity index (χ1) is 7.84. The van der Waals surface area contributed by atoms with Crippen LogP contribution in [0.25, 0.3) is 0 Å². The van der Waals surface area contributed by atoms with E-state index in [0.717, 1.165) is 24.5 Å². The van der Waals surface area contributed by atoms with Crippen molar-refractivity contribution in [3.63, 3.8) is 0 Å². The minimum absolute atomic E-state index is 0.426. The monoisotopic (exact) mass is 215 g/mol. The van der Waals surface area contributed by atoms with Crippen molar-refractivity contribution in [2.24, 2.45) is 0 Å². The van der Waals surface area contributed by atoms with E-state index < -0.39 is 0 Å². The van der Waals surface area contributed by atoms with Crippen LogP contribution in [0.3, 0.4) is 0 Å². The zero-order valence-corrected chi connectivity index (χ0v) is 8.80. The van der Waals surface area contributed by atoms with Gasteiger partial charge < -0.3 is 11.1 Å². The van der Waals surface area contributed by atoms with Crippen LogP contribution in [0.15, 0.2) is 36.8 Å². The van der Waals surface area contributed by atoms with Gasteiger partial charge in [0.1, 0.15) is 11.6 Å². The van der Waals surface area contributed by atoms with Gasteiger partial charge in [-0.15, -0.1) is 0 Å². The number of nitrogen functional groups attached to an aromatic ring is 1. The molecule has 5 nitrogen and oxygen atoms in total. The number of nitrogens with one attached hydrogen (secondary N) is 1. The molecule has 0 atom stereocenters. The van der Waals surface area contributed by atoms with Crippen LogP contribution < -0.4 is 11.1 Å². The van der Waals surface area contributed by atoms with E-state index in [4.69, 9.17) is 5.73 Å². The number of aromatic nitrogens is 3. The van der Waals surface area contributed by atoms with Crippen LogP contribution in [0, 0.1) is 0 Å². The zero-order valence-electron chi connectivity index (χ0n) is 8.80. The average Bonchev–Trinajstić information content (AvgIpc) is 2.33. The number of nitrogens with zero attached hydrogens (tertiary/aromatic N) is 3.